The van der Waals surface area contributed by atoms with Crippen LogP contribution < -0.4 is 16.0 Å². The third-order valence-corrected chi connectivity index (χ3v) is 3.46. The van der Waals surface area contributed by atoms with Crippen molar-refractivity contribution >= 4 is 17.6 Å². The van der Waals surface area contributed by atoms with Crippen molar-refractivity contribution < 1.29 is 14.7 Å². The Hall–Kier alpha value is -2.86. The summed E-state index contributed by atoms with van der Waals surface area (Å²) in [6.45, 7) is 4.10. The Morgan fingerprint density at radius 3 is 2.40 bits per heavy atom. The van der Waals surface area contributed by atoms with E-state index in [1.165, 1.54) is 0 Å². The number of amides is 3. The van der Waals surface area contributed by atoms with Gasteiger partial charge in [-0.3, -0.25) is 4.79 Å². The van der Waals surface area contributed by atoms with Crippen molar-refractivity contribution in [2.24, 2.45) is 0 Å². The molecule has 0 atom stereocenters. The average molecular weight is 341 g/mol. The van der Waals surface area contributed by atoms with Crippen LogP contribution in [0.1, 0.15) is 35.3 Å². The third-order valence-electron chi connectivity index (χ3n) is 3.46. The zero-order valence-corrected chi connectivity index (χ0v) is 14.4. The van der Waals surface area contributed by atoms with E-state index >= 15 is 0 Å². The highest BCUT2D eigenvalue weighted by molar-refractivity contribution is 6.04. The molecule has 2 aromatic carbocycles. The monoisotopic (exact) mass is 341 g/mol. The molecule has 6 heteroatoms. The second-order valence-corrected chi connectivity index (χ2v) is 5.99. The minimum Gasteiger partial charge on any atom is -0.392 e. The predicted octanol–water partition coefficient (Wildman–Crippen LogP) is 2.64. The molecule has 0 heterocycles. The molecular weight excluding hydrogens is 318 g/mol. The molecule has 2 rings (SSSR count). The average Bonchev–Trinajstić information content (AvgIpc) is 2.60. The van der Waals surface area contributed by atoms with Crippen LogP contribution in [0.2, 0.25) is 0 Å². The smallest absolute Gasteiger partial charge is 0.315 e. The summed E-state index contributed by atoms with van der Waals surface area (Å²) >= 11 is 0. The van der Waals surface area contributed by atoms with Gasteiger partial charge in [-0.05, 0) is 49.2 Å². The Balaban J connectivity index is 1.92. The van der Waals surface area contributed by atoms with E-state index < -0.39 is 0 Å². The quantitative estimate of drug-likeness (QED) is 0.651. The number of hydrogen-bond acceptors (Lipinski definition) is 3. The van der Waals surface area contributed by atoms with Crippen molar-refractivity contribution in [3.05, 3.63) is 65.2 Å². The van der Waals surface area contributed by atoms with Gasteiger partial charge in [0.25, 0.3) is 5.91 Å². The number of urea groups is 1. The van der Waals surface area contributed by atoms with Crippen molar-refractivity contribution in [3.63, 3.8) is 0 Å². The van der Waals surface area contributed by atoms with Gasteiger partial charge in [-0.1, -0.05) is 24.3 Å². The van der Waals surface area contributed by atoms with E-state index in [2.05, 4.69) is 16.0 Å². The first-order chi connectivity index (χ1) is 12.0. The fraction of sp³-hybridized carbons (Fsp3) is 0.263. The summed E-state index contributed by atoms with van der Waals surface area (Å²) in [6.07, 6.45) is 0. The predicted molar refractivity (Wildman–Crippen MR) is 97.3 cm³/mol. The van der Waals surface area contributed by atoms with Crippen molar-refractivity contribution in [1.29, 1.82) is 0 Å². The zero-order chi connectivity index (χ0) is 18.2. The lowest BCUT2D eigenvalue weighted by Gasteiger charge is -2.10. The molecule has 0 aliphatic rings. The van der Waals surface area contributed by atoms with Crippen LogP contribution in [0.3, 0.4) is 0 Å². The van der Waals surface area contributed by atoms with Crippen molar-refractivity contribution in [2.45, 2.75) is 33.0 Å². The molecule has 3 amide bonds. The van der Waals surface area contributed by atoms with Gasteiger partial charge in [0.05, 0.1) is 6.61 Å². The molecule has 0 radical (unpaired) electrons. The van der Waals surface area contributed by atoms with Gasteiger partial charge in [-0.15, -0.1) is 0 Å². The van der Waals surface area contributed by atoms with Gasteiger partial charge >= 0.3 is 6.03 Å². The molecule has 4 N–H and O–H groups in total. The number of hydrogen-bond donors (Lipinski definition) is 4. The third kappa shape index (κ3) is 5.93. The Kier molecular flexibility index (Phi) is 6.54. The van der Waals surface area contributed by atoms with Gasteiger partial charge < -0.3 is 21.1 Å². The maximum absolute atomic E-state index is 12.3. The lowest BCUT2D eigenvalue weighted by molar-refractivity contribution is 0.102. The molecule has 0 aliphatic heterocycles. The summed E-state index contributed by atoms with van der Waals surface area (Å²) in [7, 11) is 0. The van der Waals surface area contributed by atoms with Gasteiger partial charge in [0.1, 0.15) is 0 Å². The van der Waals surface area contributed by atoms with Gasteiger partial charge in [-0.25, -0.2) is 4.79 Å². The van der Waals surface area contributed by atoms with E-state index in [0.29, 0.717) is 17.8 Å². The second-order valence-electron chi connectivity index (χ2n) is 5.99. The van der Waals surface area contributed by atoms with Gasteiger partial charge in [0.15, 0.2) is 0 Å². The molecule has 0 spiro atoms. The molecular formula is C19H23N3O3. The van der Waals surface area contributed by atoms with E-state index in [1.54, 1.807) is 48.5 Å². The summed E-state index contributed by atoms with van der Waals surface area (Å²) < 4.78 is 0. The number of benzene rings is 2. The molecule has 0 saturated carbocycles. The highest BCUT2D eigenvalue weighted by Crippen LogP contribution is 2.13. The van der Waals surface area contributed by atoms with E-state index in [1.807, 2.05) is 13.8 Å². The SMILES string of the molecule is CC(C)NC(=O)NCc1ccc(C(=O)Nc2cccc(CO)c2)cc1. The number of rotatable bonds is 6. The Morgan fingerprint density at radius 2 is 1.76 bits per heavy atom. The maximum atomic E-state index is 12.3. The number of carbonyl (C=O) groups excluding carboxylic acids is 2. The molecule has 25 heavy (non-hydrogen) atoms. The lowest BCUT2D eigenvalue weighted by atomic mass is 10.1. The number of aliphatic hydroxyl groups excluding tert-OH is 1. The molecule has 0 saturated heterocycles. The summed E-state index contributed by atoms with van der Waals surface area (Å²) in [5.41, 5.74) is 2.79. The summed E-state index contributed by atoms with van der Waals surface area (Å²) in [5, 5.41) is 17.4. The highest BCUT2D eigenvalue weighted by atomic mass is 16.3. The zero-order valence-electron chi connectivity index (χ0n) is 14.4. The van der Waals surface area contributed by atoms with E-state index in [-0.39, 0.29) is 24.6 Å². The minimum atomic E-state index is -0.229. The van der Waals surface area contributed by atoms with Crippen LogP contribution in [-0.2, 0) is 13.2 Å². The summed E-state index contributed by atoms with van der Waals surface area (Å²) in [5.74, 6) is -0.229. The normalized spacial score (nSPS) is 10.4. The molecule has 0 aliphatic carbocycles. The van der Waals surface area contributed by atoms with Gasteiger partial charge in [0.2, 0.25) is 0 Å². The van der Waals surface area contributed by atoms with Crippen LogP contribution in [0.5, 0.6) is 0 Å². The maximum Gasteiger partial charge on any atom is 0.315 e. The summed E-state index contributed by atoms with van der Waals surface area (Å²) in [6, 6.07) is 13.9. The summed E-state index contributed by atoms with van der Waals surface area (Å²) in [4.78, 5) is 23.8. The fourth-order valence-corrected chi connectivity index (χ4v) is 2.22. The van der Waals surface area contributed by atoms with Crippen LogP contribution in [0.25, 0.3) is 0 Å². The Morgan fingerprint density at radius 1 is 1.04 bits per heavy atom. The largest absolute Gasteiger partial charge is 0.392 e. The molecule has 132 valence electrons. The molecule has 0 unspecified atom stereocenters. The van der Waals surface area contributed by atoms with Crippen LogP contribution in [0.15, 0.2) is 48.5 Å². The van der Waals surface area contributed by atoms with Crippen LogP contribution in [0.4, 0.5) is 10.5 Å². The lowest BCUT2D eigenvalue weighted by Crippen LogP contribution is -2.39. The molecule has 2 aromatic rings. The Labute approximate surface area is 147 Å². The van der Waals surface area contributed by atoms with Gasteiger partial charge in [-0.2, -0.15) is 0 Å². The molecule has 0 bridgehead atoms. The van der Waals surface area contributed by atoms with E-state index in [4.69, 9.17) is 5.11 Å². The van der Waals surface area contributed by atoms with E-state index in [0.717, 1.165) is 11.1 Å². The van der Waals surface area contributed by atoms with Crippen LogP contribution >= 0.6 is 0 Å². The minimum absolute atomic E-state index is 0.0736. The first kappa shape index (κ1) is 18.5. The van der Waals surface area contributed by atoms with Crippen molar-refractivity contribution in [3.8, 4) is 0 Å². The topological polar surface area (TPSA) is 90.5 Å². The molecule has 0 fully saturated rings. The highest BCUT2D eigenvalue weighted by Gasteiger charge is 2.07. The van der Waals surface area contributed by atoms with Gasteiger partial charge in [0, 0.05) is 23.8 Å². The molecule has 6 nitrogen and oxygen atoms in total. The number of carbonyl (C=O) groups is 2. The standard InChI is InChI=1S/C19H23N3O3/c1-13(2)21-19(25)20-11-14-6-8-16(9-7-14)18(24)22-17-5-3-4-15(10-17)12-23/h3-10,13,23H,11-12H2,1-2H3,(H,22,24)(H2,20,21,25). The fourth-order valence-electron chi connectivity index (χ4n) is 2.22. The molecule has 0 aromatic heterocycles. The van der Waals surface area contributed by atoms with Crippen molar-refractivity contribution in [1.82, 2.24) is 10.6 Å². The van der Waals surface area contributed by atoms with E-state index in [9.17, 15) is 9.59 Å². The first-order valence-electron chi connectivity index (χ1n) is 8.12. The van der Waals surface area contributed by atoms with Crippen molar-refractivity contribution in [2.75, 3.05) is 5.32 Å². The number of aliphatic hydroxyl groups is 1. The first-order valence-corrected chi connectivity index (χ1v) is 8.12. The number of nitrogens with one attached hydrogen (secondary N) is 3. The van der Waals surface area contributed by atoms with Crippen LogP contribution in [-0.4, -0.2) is 23.1 Å². The number of anilines is 1. The second kappa shape index (κ2) is 8.84. The Bertz CT molecular complexity index is 727. The van der Waals surface area contributed by atoms with Crippen LogP contribution in [0, 0.1) is 0 Å².